The molecule has 2 N–H and O–H groups in total. The molecule has 3 nitrogen and oxygen atoms in total. The van der Waals surface area contributed by atoms with Crippen molar-refractivity contribution >= 4 is 27.9 Å². The van der Waals surface area contributed by atoms with Crippen molar-refractivity contribution in [3.8, 4) is 0 Å². The van der Waals surface area contributed by atoms with E-state index in [4.69, 9.17) is 0 Å². The van der Waals surface area contributed by atoms with Gasteiger partial charge in [0.1, 0.15) is 0 Å². The van der Waals surface area contributed by atoms with Gasteiger partial charge < -0.3 is 10.3 Å². The van der Waals surface area contributed by atoms with Gasteiger partial charge in [0.15, 0.2) is 0 Å². The minimum atomic E-state index is 0.778. The monoisotopic (exact) mass is 243 g/mol. The van der Waals surface area contributed by atoms with Gasteiger partial charge in [-0.15, -0.1) is 11.3 Å². The maximum Gasteiger partial charge on any atom is 0.0898 e. The fraction of sp³-hybridized carbons (Fsp3) is 0.154. The minimum absolute atomic E-state index is 0.778. The fourth-order valence-electron chi connectivity index (χ4n) is 1.85. The molecule has 0 radical (unpaired) electrons. The number of hydrogen-bond acceptors (Lipinski definition) is 3. The summed E-state index contributed by atoms with van der Waals surface area (Å²) < 4.78 is 0. The Labute approximate surface area is 104 Å². The summed E-state index contributed by atoms with van der Waals surface area (Å²) >= 11 is 1.69. The molecule has 0 bridgehead atoms. The topological polar surface area (TPSA) is 40.7 Å². The number of H-pyrrole nitrogens is 1. The molecule has 1 aromatic carbocycles. The molecule has 0 atom stereocenters. The van der Waals surface area contributed by atoms with E-state index in [2.05, 4.69) is 44.9 Å². The number of thiazole rings is 1. The second-order valence-electron chi connectivity index (χ2n) is 3.99. The molecule has 0 saturated carbocycles. The van der Waals surface area contributed by atoms with Crippen LogP contribution in [0.3, 0.4) is 0 Å². The minimum Gasteiger partial charge on any atom is -0.379 e. The van der Waals surface area contributed by atoms with Crippen LogP contribution in [0.1, 0.15) is 10.7 Å². The fourth-order valence-corrected chi connectivity index (χ4v) is 2.46. The number of nitrogens with zero attached hydrogens (tertiary/aromatic N) is 1. The molecule has 0 aliphatic carbocycles. The van der Waals surface area contributed by atoms with Crippen molar-refractivity contribution in [1.82, 2.24) is 9.97 Å². The second kappa shape index (κ2) is 4.22. The normalized spacial score (nSPS) is 10.9. The molecule has 17 heavy (non-hydrogen) atoms. The largest absolute Gasteiger partial charge is 0.379 e. The van der Waals surface area contributed by atoms with Gasteiger partial charge >= 0.3 is 0 Å². The number of fused-ring (bicyclic) bond motifs is 1. The predicted octanol–water partition coefficient (Wildman–Crippen LogP) is 3.54. The lowest BCUT2D eigenvalue weighted by Gasteiger charge is -2.04. The molecule has 0 aliphatic heterocycles. The van der Waals surface area contributed by atoms with Crippen molar-refractivity contribution < 1.29 is 0 Å². The van der Waals surface area contributed by atoms with Crippen LogP contribution in [0.5, 0.6) is 0 Å². The average molecular weight is 243 g/mol. The Morgan fingerprint density at radius 2 is 2.29 bits per heavy atom. The maximum atomic E-state index is 4.43. The van der Waals surface area contributed by atoms with Crippen LogP contribution in [0.4, 0.5) is 5.69 Å². The molecular formula is C13H13N3S. The summed E-state index contributed by atoms with van der Waals surface area (Å²) in [5, 5.41) is 7.82. The molecule has 3 aromatic rings. The first-order chi connectivity index (χ1) is 8.31. The first kappa shape index (κ1) is 10.4. The molecule has 0 saturated heterocycles. The number of aryl methyl sites for hydroxylation is 1. The van der Waals surface area contributed by atoms with Crippen LogP contribution in [0.25, 0.3) is 10.9 Å². The number of hydrogen-bond donors (Lipinski definition) is 2. The highest BCUT2D eigenvalue weighted by Crippen LogP contribution is 2.18. The van der Waals surface area contributed by atoms with Crippen LogP contribution in [-0.2, 0) is 6.54 Å². The Morgan fingerprint density at radius 3 is 3.12 bits per heavy atom. The highest BCUT2D eigenvalue weighted by Gasteiger charge is 1.99. The Bertz CT molecular complexity index is 639. The molecule has 3 rings (SSSR count). The van der Waals surface area contributed by atoms with Crippen molar-refractivity contribution in [3.63, 3.8) is 0 Å². The van der Waals surface area contributed by atoms with E-state index in [0.717, 1.165) is 22.9 Å². The van der Waals surface area contributed by atoms with Crippen molar-refractivity contribution in [2.75, 3.05) is 5.32 Å². The van der Waals surface area contributed by atoms with Crippen LogP contribution in [0, 0.1) is 6.92 Å². The zero-order valence-corrected chi connectivity index (χ0v) is 10.3. The Hall–Kier alpha value is -1.81. The van der Waals surface area contributed by atoms with E-state index in [1.807, 2.05) is 13.1 Å². The molecule has 0 spiro atoms. The number of anilines is 1. The van der Waals surface area contributed by atoms with E-state index in [1.54, 1.807) is 11.3 Å². The van der Waals surface area contributed by atoms with Crippen LogP contribution in [0.2, 0.25) is 0 Å². The lowest BCUT2D eigenvalue weighted by molar-refractivity contribution is 1.06. The van der Waals surface area contributed by atoms with Gasteiger partial charge in [-0.05, 0) is 31.2 Å². The van der Waals surface area contributed by atoms with E-state index >= 15 is 0 Å². The molecule has 4 heteroatoms. The van der Waals surface area contributed by atoms with Crippen molar-refractivity contribution in [3.05, 3.63) is 46.5 Å². The van der Waals surface area contributed by atoms with Gasteiger partial charge in [-0.25, -0.2) is 4.98 Å². The number of nitrogens with one attached hydrogen (secondary N) is 2. The third kappa shape index (κ3) is 2.17. The van der Waals surface area contributed by atoms with Crippen molar-refractivity contribution in [2.24, 2.45) is 0 Å². The van der Waals surface area contributed by atoms with Crippen molar-refractivity contribution in [1.29, 1.82) is 0 Å². The van der Waals surface area contributed by atoms with Gasteiger partial charge in [0.05, 0.1) is 17.2 Å². The summed E-state index contributed by atoms with van der Waals surface area (Å²) in [6.45, 7) is 2.81. The van der Waals surface area contributed by atoms with E-state index in [0.29, 0.717) is 0 Å². The summed E-state index contributed by atoms with van der Waals surface area (Å²) in [6.07, 6.45) is 1.96. The smallest absolute Gasteiger partial charge is 0.0898 e. The first-order valence-electron chi connectivity index (χ1n) is 5.53. The Kier molecular flexibility index (Phi) is 2.57. The molecule has 0 amide bonds. The average Bonchev–Trinajstić information content (AvgIpc) is 2.94. The standard InChI is InChI=1S/C13H13N3S/c1-9-16-12(8-17-9)7-15-11-2-3-13-10(6-11)4-5-14-13/h2-6,8,14-15H,7H2,1H3. The highest BCUT2D eigenvalue weighted by molar-refractivity contribution is 7.09. The summed E-state index contributed by atoms with van der Waals surface area (Å²) in [5.74, 6) is 0. The molecule has 2 aromatic heterocycles. The molecule has 2 heterocycles. The van der Waals surface area contributed by atoms with Gasteiger partial charge in [0.2, 0.25) is 0 Å². The van der Waals surface area contributed by atoms with Gasteiger partial charge in [-0.1, -0.05) is 0 Å². The van der Waals surface area contributed by atoms with Gasteiger partial charge in [0.25, 0.3) is 0 Å². The number of aromatic nitrogens is 2. The summed E-state index contributed by atoms with van der Waals surface area (Å²) in [5.41, 5.74) is 3.39. The number of benzene rings is 1. The molecular weight excluding hydrogens is 230 g/mol. The molecule has 0 unspecified atom stereocenters. The predicted molar refractivity (Wildman–Crippen MR) is 72.5 cm³/mol. The Morgan fingerprint density at radius 1 is 1.35 bits per heavy atom. The zero-order chi connectivity index (χ0) is 11.7. The van der Waals surface area contributed by atoms with Gasteiger partial charge in [-0.2, -0.15) is 0 Å². The van der Waals surface area contributed by atoms with E-state index in [1.165, 1.54) is 10.9 Å². The first-order valence-corrected chi connectivity index (χ1v) is 6.41. The number of aromatic amines is 1. The molecule has 86 valence electrons. The summed E-state index contributed by atoms with van der Waals surface area (Å²) in [4.78, 5) is 7.61. The van der Waals surface area contributed by atoms with Crippen LogP contribution in [-0.4, -0.2) is 9.97 Å². The summed E-state index contributed by atoms with van der Waals surface area (Å²) in [6, 6.07) is 8.39. The Balaban J connectivity index is 1.76. The zero-order valence-electron chi connectivity index (χ0n) is 9.53. The van der Waals surface area contributed by atoms with Crippen LogP contribution >= 0.6 is 11.3 Å². The van der Waals surface area contributed by atoms with Crippen LogP contribution < -0.4 is 5.32 Å². The second-order valence-corrected chi connectivity index (χ2v) is 5.05. The summed E-state index contributed by atoms with van der Waals surface area (Å²) in [7, 11) is 0. The highest BCUT2D eigenvalue weighted by atomic mass is 32.1. The van der Waals surface area contributed by atoms with Crippen molar-refractivity contribution in [2.45, 2.75) is 13.5 Å². The van der Waals surface area contributed by atoms with Gasteiger partial charge in [-0.3, -0.25) is 0 Å². The van der Waals surface area contributed by atoms with E-state index < -0.39 is 0 Å². The van der Waals surface area contributed by atoms with E-state index in [9.17, 15) is 0 Å². The van der Waals surface area contributed by atoms with E-state index in [-0.39, 0.29) is 0 Å². The lowest BCUT2D eigenvalue weighted by atomic mass is 10.2. The number of rotatable bonds is 3. The molecule has 0 aliphatic rings. The van der Waals surface area contributed by atoms with Gasteiger partial charge in [0, 0.05) is 28.2 Å². The maximum absolute atomic E-state index is 4.43. The third-order valence-corrected chi connectivity index (χ3v) is 3.52. The third-order valence-electron chi connectivity index (χ3n) is 2.69. The lowest BCUT2D eigenvalue weighted by Crippen LogP contribution is -1.99. The molecule has 0 fully saturated rings. The van der Waals surface area contributed by atoms with Crippen LogP contribution in [0.15, 0.2) is 35.8 Å². The quantitative estimate of drug-likeness (QED) is 0.738. The SMILES string of the molecule is Cc1nc(CNc2ccc3[nH]ccc3c2)cs1.